The number of urea groups is 1. The van der Waals surface area contributed by atoms with E-state index >= 15 is 0 Å². The maximum atomic E-state index is 11.6. The standard InChI is InChI=1S/C13H16BrClN2O3/c14-9-5-6-11(10(15)8-9)17-13(20)16-7-3-1-2-4-12(18)19/h5-6,8H,1-4,7H2,(H,18,19)(H2,16,17,20). The van der Waals surface area contributed by atoms with E-state index in [1.807, 2.05) is 0 Å². The molecule has 0 spiro atoms. The monoisotopic (exact) mass is 362 g/mol. The molecular formula is C13H16BrClN2O3. The summed E-state index contributed by atoms with van der Waals surface area (Å²) in [6.45, 7) is 0.500. The molecule has 110 valence electrons. The Morgan fingerprint density at radius 2 is 2.00 bits per heavy atom. The van der Waals surface area contributed by atoms with Gasteiger partial charge in [0, 0.05) is 17.4 Å². The van der Waals surface area contributed by atoms with Crippen molar-refractivity contribution in [3.8, 4) is 0 Å². The number of rotatable bonds is 7. The molecule has 0 atom stereocenters. The number of benzene rings is 1. The summed E-state index contributed by atoms with van der Waals surface area (Å²) < 4.78 is 0.840. The van der Waals surface area contributed by atoms with Gasteiger partial charge in [0.05, 0.1) is 10.7 Å². The molecule has 0 bridgehead atoms. The van der Waals surface area contributed by atoms with Gasteiger partial charge in [0.2, 0.25) is 0 Å². The molecule has 0 saturated carbocycles. The summed E-state index contributed by atoms with van der Waals surface area (Å²) in [5.41, 5.74) is 0.540. The second kappa shape index (κ2) is 8.81. The minimum atomic E-state index is -0.791. The van der Waals surface area contributed by atoms with E-state index in [9.17, 15) is 9.59 Å². The lowest BCUT2D eigenvalue weighted by Crippen LogP contribution is -2.29. The molecule has 0 aliphatic heterocycles. The maximum Gasteiger partial charge on any atom is 0.319 e. The third-order valence-corrected chi connectivity index (χ3v) is 3.34. The predicted octanol–water partition coefficient (Wildman–Crippen LogP) is 3.87. The van der Waals surface area contributed by atoms with Gasteiger partial charge in [0.15, 0.2) is 0 Å². The number of halogens is 2. The quantitative estimate of drug-likeness (QED) is 0.643. The van der Waals surface area contributed by atoms with Crippen LogP contribution >= 0.6 is 27.5 Å². The summed E-state index contributed by atoms with van der Waals surface area (Å²) >= 11 is 9.26. The first kappa shape index (κ1) is 16.8. The van der Waals surface area contributed by atoms with Crippen LogP contribution in [-0.4, -0.2) is 23.7 Å². The van der Waals surface area contributed by atoms with Crippen molar-refractivity contribution in [2.45, 2.75) is 25.7 Å². The lowest BCUT2D eigenvalue weighted by molar-refractivity contribution is -0.137. The van der Waals surface area contributed by atoms with Gasteiger partial charge in [-0.05, 0) is 31.0 Å². The molecule has 20 heavy (non-hydrogen) atoms. The Morgan fingerprint density at radius 1 is 1.25 bits per heavy atom. The molecule has 1 rings (SSSR count). The van der Waals surface area contributed by atoms with Crippen molar-refractivity contribution in [2.24, 2.45) is 0 Å². The molecule has 0 heterocycles. The largest absolute Gasteiger partial charge is 0.481 e. The number of carboxylic acids is 1. The van der Waals surface area contributed by atoms with Crippen molar-refractivity contribution in [2.75, 3.05) is 11.9 Å². The molecule has 0 radical (unpaired) electrons. The molecule has 1 aromatic rings. The number of carboxylic acid groups (broad SMARTS) is 1. The van der Waals surface area contributed by atoms with Gasteiger partial charge < -0.3 is 15.7 Å². The average molecular weight is 364 g/mol. The van der Waals surface area contributed by atoms with E-state index in [0.29, 0.717) is 23.7 Å². The van der Waals surface area contributed by atoms with E-state index in [1.165, 1.54) is 0 Å². The average Bonchev–Trinajstić information content (AvgIpc) is 2.36. The molecule has 0 aromatic heterocycles. The summed E-state index contributed by atoms with van der Waals surface area (Å²) in [5.74, 6) is -0.791. The zero-order valence-corrected chi connectivity index (χ0v) is 13.1. The Labute approximate surface area is 130 Å². The summed E-state index contributed by atoms with van der Waals surface area (Å²) in [6.07, 6.45) is 2.30. The number of anilines is 1. The first-order valence-corrected chi connectivity index (χ1v) is 7.38. The second-order valence-electron chi connectivity index (χ2n) is 4.21. The molecule has 5 nitrogen and oxygen atoms in total. The molecule has 0 fully saturated rings. The molecule has 7 heteroatoms. The summed E-state index contributed by atoms with van der Waals surface area (Å²) in [5, 5.41) is 14.3. The van der Waals surface area contributed by atoms with Gasteiger partial charge in [-0.2, -0.15) is 0 Å². The lowest BCUT2D eigenvalue weighted by atomic mass is 10.2. The van der Waals surface area contributed by atoms with Crippen LogP contribution in [0.15, 0.2) is 22.7 Å². The summed E-state index contributed by atoms with van der Waals surface area (Å²) in [6, 6.07) is 4.86. The van der Waals surface area contributed by atoms with Gasteiger partial charge in [0.1, 0.15) is 0 Å². The summed E-state index contributed by atoms with van der Waals surface area (Å²) in [7, 11) is 0. The van der Waals surface area contributed by atoms with Gasteiger partial charge >= 0.3 is 12.0 Å². The predicted molar refractivity (Wildman–Crippen MR) is 82.3 cm³/mol. The molecule has 0 aliphatic rings. The fraction of sp³-hybridized carbons (Fsp3) is 0.385. The van der Waals surface area contributed by atoms with Crippen LogP contribution in [0.4, 0.5) is 10.5 Å². The molecular weight excluding hydrogens is 348 g/mol. The molecule has 0 unspecified atom stereocenters. The van der Waals surface area contributed by atoms with Crippen LogP contribution in [0, 0.1) is 0 Å². The number of carbonyl (C=O) groups excluding carboxylic acids is 1. The van der Waals surface area contributed by atoms with E-state index < -0.39 is 5.97 Å². The van der Waals surface area contributed by atoms with Crippen molar-refractivity contribution < 1.29 is 14.7 Å². The van der Waals surface area contributed by atoms with Gasteiger partial charge in [-0.1, -0.05) is 34.0 Å². The highest BCUT2D eigenvalue weighted by Gasteiger charge is 2.05. The minimum absolute atomic E-state index is 0.167. The third kappa shape index (κ3) is 6.77. The SMILES string of the molecule is O=C(O)CCCCCNC(=O)Nc1ccc(Br)cc1Cl. The van der Waals surface area contributed by atoms with Gasteiger partial charge in [-0.3, -0.25) is 4.79 Å². The Morgan fingerprint density at radius 3 is 2.65 bits per heavy atom. The number of nitrogens with one attached hydrogen (secondary N) is 2. The fourth-order valence-electron chi connectivity index (χ4n) is 1.54. The number of amides is 2. The van der Waals surface area contributed by atoms with Crippen LogP contribution in [0.3, 0.4) is 0 Å². The van der Waals surface area contributed by atoms with Crippen LogP contribution in [0.25, 0.3) is 0 Å². The van der Waals surface area contributed by atoms with E-state index in [0.717, 1.165) is 17.3 Å². The number of aliphatic carboxylic acids is 1. The lowest BCUT2D eigenvalue weighted by Gasteiger charge is -2.09. The second-order valence-corrected chi connectivity index (χ2v) is 5.53. The zero-order chi connectivity index (χ0) is 15.0. The van der Waals surface area contributed by atoms with Crippen molar-refractivity contribution in [1.29, 1.82) is 0 Å². The van der Waals surface area contributed by atoms with E-state index in [2.05, 4.69) is 26.6 Å². The molecule has 0 aliphatic carbocycles. The van der Waals surface area contributed by atoms with Gasteiger partial charge in [-0.25, -0.2) is 4.79 Å². The third-order valence-electron chi connectivity index (χ3n) is 2.53. The van der Waals surface area contributed by atoms with Crippen molar-refractivity contribution >= 4 is 45.2 Å². The first-order chi connectivity index (χ1) is 9.49. The molecule has 1 aromatic carbocycles. The normalized spacial score (nSPS) is 10.1. The Balaban J connectivity index is 2.22. The van der Waals surface area contributed by atoms with Crippen molar-refractivity contribution in [1.82, 2.24) is 5.32 Å². The fourth-order valence-corrected chi connectivity index (χ4v) is 2.26. The van der Waals surface area contributed by atoms with Crippen LogP contribution in [0.2, 0.25) is 5.02 Å². The number of hydrogen-bond donors (Lipinski definition) is 3. The highest BCUT2D eigenvalue weighted by molar-refractivity contribution is 9.10. The topological polar surface area (TPSA) is 78.4 Å². The van der Waals surface area contributed by atoms with E-state index in [4.69, 9.17) is 16.7 Å². The Hall–Kier alpha value is -1.27. The number of carbonyl (C=O) groups is 2. The number of unbranched alkanes of at least 4 members (excludes halogenated alkanes) is 2. The zero-order valence-electron chi connectivity index (χ0n) is 10.8. The van der Waals surface area contributed by atoms with E-state index in [-0.39, 0.29) is 12.5 Å². The first-order valence-electron chi connectivity index (χ1n) is 6.20. The van der Waals surface area contributed by atoms with Crippen LogP contribution in [0.1, 0.15) is 25.7 Å². The highest BCUT2D eigenvalue weighted by atomic mass is 79.9. The molecule has 3 N–H and O–H groups in total. The van der Waals surface area contributed by atoms with Crippen LogP contribution in [0.5, 0.6) is 0 Å². The Bertz CT molecular complexity index is 483. The van der Waals surface area contributed by atoms with Crippen LogP contribution in [-0.2, 0) is 4.79 Å². The van der Waals surface area contributed by atoms with Gasteiger partial charge in [-0.15, -0.1) is 0 Å². The smallest absolute Gasteiger partial charge is 0.319 e. The van der Waals surface area contributed by atoms with Crippen molar-refractivity contribution in [3.05, 3.63) is 27.7 Å². The van der Waals surface area contributed by atoms with Gasteiger partial charge in [0.25, 0.3) is 0 Å². The minimum Gasteiger partial charge on any atom is -0.481 e. The summed E-state index contributed by atoms with van der Waals surface area (Å²) in [4.78, 5) is 21.9. The number of hydrogen-bond acceptors (Lipinski definition) is 2. The molecule has 0 saturated heterocycles. The Kier molecular flexibility index (Phi) is 7.40. The maximum absolute atomic E-state index is 11.6. The van der Waals surface area contributed by atoms with Crippen molar-refractivity contribution in [3.63, 3.8) is 0 Å². The molecule has 2 amide bonds. The van der Waals surface area contributed by atoms with Crippen LogP contribution < -0.4 is 10.6 Å². The highest BCUT2D eigenvalue weighted by Crippen LogP contribution is 2.25. The van der Waals surface area contributed by atoms with E-state index in [1.54, 1.807) is 18.2 Å².